The number of carbonyl (C=O) groups excluding carboxylic acids is 1. The van der Waals surface area contributed by atoms with Gasteiger partial charge in [0.1, 0.15) is 0 Å². The van der Waals surface area contributed by atoms with E-state index in [9.17, 15) is 9.90 Å². The molecule has 98 valence electrons. The third-order valence-electron chi connectivity index (χ3n) is 3.55. The molecule has 0 unspecified atom stereocenters. The van der Waals surface area contributed by atoms with Gasteiger partial charge in [0.15, 0.2) is 0 Å². The monoisotopic (exact) mass is 247 g/mol. The molecule has 0 heterocycles. The van der Waals surface area contributed by atoms with Crippen molar-refractivity contribution in [3.8, 4) is 0 Å². The standard InChI is InChI=1S/C15H21NO2/c1-11-2-4-12(5-3-11)10-15(18)16-13-6-8-14(17)9-7-13/h2-5,13-14,17H,6-10H2,1H3,(H,16,18). The van der Waals surface area contributed by atoms with Gasteiger partial charge < -0.3 is 10.4 Å². The summed E-state index contributed by atoms with van der Waals surface area (Å²) in [6.07, 6.45) is 3.65. The molecular weight excluding hydrogens is 226 g/mol. The molecule has 0 atom stereocenters. The summed E-state index contributed by atoms with van der Waals surface area (Å²) in [6.45, 7) is 2.04. The number of rotatable bonds is 3. The van der Waals surface area contributed by atoms with Gasteiger partial charge >= 0.3 is 0 Å². The van der Waals surface area contributed by atoms with Crippen molar-refractivity contribution in [3.05, 3.63) is 35.4 Å². The maximum atomic E-state index is 11.9. The van der Waals surface area contributed by atoms with Gasteiger partial charge in [0, 0.05) is 6.04 Å². The molecule has 1 fully saturated rings. The van der Waals surface area contributed by atoms with Crippen LogP contribution in [0.5, 0.6) is 0 Å². The van der Waals surface area contributed by atoms with Crippen LogP contribution in [0, 0.1) is 6.92 Å². The van der Waals surface area contributed by atoms with Gasteiger partial charge in [-0.25, -0.2) is 0 Å². The molecule has 0 spiro atoms. The van der Waals surface area contributed by atoms with Crippen molar-refractivity contribution in [3.63, 3.8) is 0 Å². The van der Waals surface area contributed by atoms with Gasteiger partial charge in [-0.3, -0.25) is 4.79 Å². The Balaban J connectivity index is 1.80. The second-order valence-corrected chi connectivity index (χ2v) is 5.24. The Kier molecular flexibility index (Phi) is 4.37. The molecule has 2 N–H and O–H groups in total. The maximum Gasteiger partial charge on any atom is 0.224 e. The van der Waals surface area contributed by atoms with E-state index in [-0.39, 0.29) is 18.1 Å². The van der Waals surface area contributed by atoms with Crippen LogP contribution in [-0.2, 0) is 11.2 Å². The Morgan fingerprint density at radius 3 is 2.44 bits per heavy atom. The predicted molar refractivity (Wildman–Crippen MR) is 71.3 cm³/mol. The topological polar surface area (TPSA) is 49.3 Å². The van der Waals surface area contributed by atoms with Gasteiger partial charge in [-0.1, -0.05) is 29.8 Å². The number of nitrogens with one attached hydrogen (secondary N) is 1. The minimum atomic E-state index is -0.171. The molecule has 0 aliphatic heterocycles. The number of hydrogen-bond acceptors (Lipinski definition) is 2. The van der Waals surface area contributed by atoms with Crippen LogP contribution in [0.25, 0.3) is 0 Å². The van der Waals surface area contributed by atoms with Crippen molar-refractivity contribution >= 4 is 5.91 Å². The molecule has 1 amide bonds. The molecular formula is C15H21NO2. The lowest BCUT2D eigenvalue weighted by molar-refractivity contribution is -0.121. The zero-order chi connectivity index (χ0) is 13.0. The molecule has 3 nitrogen and oxygen atoms in total. The van der Waals surface area contributed by atoms with E-state index in [1.54, 1.807) is 0 Å². The third kappa shape index (κ3) is 3.84. The largest absolute Gasteiger partial charge is 0.393 e. The van der Waals surface area contributed by atoms with Gasteiger partial charge in [-0.15, -0.1) is 0 Å². The molecule has 3 heteroatoms. The van der Waals surface area contributed by atoms with Crippen LogP contribution in [0.4, 0.5) is 0 Å². The summed E-state index contributed by atoms with van der Waals surface area (Å²) in [5.41, 5.74) is 2.26. The fourth-order valence-electron chi connectivity index (χ4n) is 2.39. The van der Waals surface area contributed by atoms with Crippen LogP contribution < -0.4 is 5.32 Å². The first-order valence-corrected chi connectivity index (χ1v) is 6.66. The summed E-state index contributed by atoms with van der Waals surface area (Å²) in [6, 6.07) is 8.30. The molecule has 0 bridgehead atoms. The van der Waals surface area contributed by atoms with Gasteiger partial charge in [-0.2, -0.15) is 0 Å². The Morgan fingerprint density at radius 1 is 1.22 bits per heavy atom. The highest BCUT2D eigenvalue weighted by Crippen LogP contribution is 2.18. The number of aryl methyl sites for hydroxylation is 1. The molecule has 1 saturated carbocycles. The number of aliphatic hydroxyl groups excluding tert-OH is 1. The highest BCUT2D eigenvalue weighted by atomic mass is 16.3. The van der Waals surface area contributed by atoms with E-state index in [0.29, 0.717) is 6.42 Å². The second-order valence-electron chi connectivity index (χ2n) is 5.24. The summed E-state index contributed by atoms with van der Waals surface area (Å²) in [4.78, 5) is 11.9. The molecule has 0 aromatic heterocycles. The van der Waals surface area contributed by atoms with E-state index in [0.717, 1.165) is 31.2 Å². The molecule has 2 rings (SSSR count). The second kappa shape index (κ2) is 6.01. The molecule has 1 aromatic carbocycles. The smallest absolute Gasteiger partial charge is 0.224 e. The zero-order valence-corrected chi connectivity index (χ0v) is 10.9. The summed E-state index contributed by atoms with van der Waals surface area (Å²) in [7, 11) is 0. The van der Waals surface area contributed by atoms with Crippen molar-refractivity contribution in [2.45, 2.75) is 51.2 Å². The van der Waals surface area contributed by atoms with Crippen LogP contribution in [0.15, 0.2) is 24.3 Å². The first-order chi connectivity index (χ1) is 8.63. The van der Waals surface area contributed by atoms with Gasteiger partial charge in [0.05, 0.1) is 12.5 Å². The SMILES string of the molecule is Cc1ccc(CC(=O)NC2CCC(O)CC2)cc1. The quantitative estimate of drug-likeness (QED) is 0.857. The average Bonchev–Trinajstić information content (AvgIpc) is 2.35. The number of benzene rings is 1. The Morgan fingerprint density at radius 2 is 1.83 bits per heavy atom. The molecule has 0 saturated heterocycles. The highest BCUT2D eigenvalue weighted by Gasteiger charge is 2.20. The van der Waals surface area contributed by atoms with E-state index >= 15 is 0 Å². The average molecular weight is 247 g/mol. The van der Waals surface area contributed by atoms with E-state index in [2.05, 4.69) is 5.32 Å². The first kappa shape index (κ1) is 13.1. The summed E-state index contributed by atoms with van der Waals surface area (Å²) in [5, 5.41) is 12.5. The van der Waals surface area contributed by atoms with Crippen LogP contribution in [0.1, 0.15) is 36.8 Å². The maximum absolute atomic E-state index is 11.9. The Labute approximate surface area is 108 Å². The minimum absolute atomic E-state index is 0.0836. The van der Waals surface area contributed by atoms with Crippen molar-refractivity contribution < 1.29 is 9.90 Å². The molecule has 1 aliphatic rings. The molecule has 1 aromatic rings. The third-order valence-corrected chi connectivity index (χ3v) is 3.55. The van der Waals surface area contributed by atoms with Crippen molar-refractivity contribution in [1.29, 1.82) is 0 Å². The van der Waals surface area contributed by atoms with Gasteiger partial charge in [-0.05, 0) is 38.2 Å². The number of amides is 1. The summed E-state index contributed by atoms with van der Waals surface area (Å²) >= 11 is 0. The van der Waals surface area contributed by atoms with E-state index in [1.807, 2.05) is 31.2 Å². The van der Waals surface area contributed by atoms with Gasteiger partial charge in [0.2, 0.25) is 5.91 Å². The Hall–Kier alpha value is -1.35. The molecule has 18 heavy (non-hydrogen) atoms. The van der Waals surface area contributed by atoms with Crippen LogP contribution in [0.2, 0.25) is 0 Å². The molecule has 1 aliphatic carbocycles. The van der Waals surface area contributed by atoms with Gasteiger partial charge in [0.25, 0.3) is 0 Å². The van der Waals surface area contributed by atoms with E-state index in [1.165, 1.54) is 5.56 Å². The van der Waals surface area contributed by atoms with Crippen molar-refractivity contribution in [2.24, 2.45) is 0 Å². The fourth-order valence-corrected chi connectivity index (χ4v) is 2.39. The van der Waals surface area contributed by atoms with Crippen LogP contribution >= 0.6 is 0 Å². The summed E-state index contributed by atoms with van der Waals surface area (Å²) < 4.78 is 0. The van der Waals surface area contributed by atoms with Crippen molar-refractivity contribution in [2.75, 3.05) is 0 Å². The highest BCUT2D eigenvalue weighted by molar-refractivity contribution is 5.78. The number of carbonyl (C=O) groups is 1. The van der Waals surface area contributed by atoms with Crippen LogP contribution in [-0.4, -0.2) is 23.2 Å². The normalized spacial score (nSPS) is 23.7. The Bertz CT molecular complexity index is 391. The lowest BCUT2D eigenvalue weighted by atomic mass is 9.93. The minimum Gasteiger partial charge on any atom is -0.393 e. The first-order valence-electron chi connectivity index (χ1n) is 6.66. The fraction of sp³-hybridized carbons (Fsp3) is 0.533. The summed E-state index contributed by atoms with van der Waals surface area (Å²) in [5.74, 6) is 0.0836. The number of hydrogen-bond donors (Lipinski definition) is 2. The van der Waals surface area contributed by atoms with Crippen LogP contribution in [0.3, 0.4) is 0 Å². The van der Waals surface area contributed by atoms with E-state index in [4.69, 9.17) is 0 Å². The molecule has 0 radical (unpaired) electrons. The zero-order valence-electron chi connectivity index (χ0n) is 10.9. The predicted octanol–water partition coefficient (Wildman–Crippen LogP) is 1.96. The lowest BCUT2D eigenvalue weighted by Crippen LogP contribution is -2.39. The van der Waals surface area contributed by atoms with E-state index < -0.39 is 0 Å². The van der Waals surface area contributed by atoms with Crippen molar-refractivity contribution in [1.82, 2.24) is 5.32 Å². The number of aliphatic hydroxyl groups is 1. The lowest BCUT2D eigenvalue weighted by Gasteiger charge is -2.26.